The number of hydrogen-bond acceptors (Lipinski definition) is 5. The molecule has 1 aromatic heterocycles. The lowest BCUT2D eigenvalue weighted by molar-refractivity contribution is 0.587. The number of anilines is 1. The number of aromatic nitrogens is 2. The van der Waals surface area contributed by atoms with Crippen LogP contribution < -0.4 is 5.32 Å². The van der Waals surface area contributed by atoms with E-state index in [4.69, 9.17) is 0 Å². The van der Waals surface area contributed by atoms with Crippen LogP contribution in [-0.2, 0) is 22.7 Å². The summed E-state index contributed by atoms with van der Waals surface area (Å²) in [6.45, 7) is 4.43. The van der Waals surface area contributed by atoms with Crippen LogP contribution in [-0.4, -0.2) is 31.2 Å². The lowest BCUT2D eigenvalue weighted by Crippen LogP contribution is -2.18. The van der Waals surface area contributed by atoms with Crippen molar-refractivity contribution < 1.29 is 8.42 Å². The molecule has 1 aromatic rings. The molecule has 2 rings (SSSR count). The maximum absolute atomic E-state index is 11.7. The van der Waals surface area contributed by atoms with Crippen LogP contribution in [0.3, 0.4) is 0 Å². The number of hydrogen-bond donors (Lipinski definition) is 1. The van der Waals surface area contributed by atoms with Gasteiger partial charge in [0.1, 0.15) is 16.9 Å². The Bertz CT molecular complexity index is 569. The van der Waals surface area contributed by atoms with E-state index in [1.807, 2.05) is 6.92 Å². The zero-order valence-electron chi connectivity index (χ0n) is 11.7. The SMILES string of the molecule is CCNc1nc(C(C)S(C)(=O)=O)nc2c1CCCC2. The molecule has 1 heterocycles. The predicted molar refractivity (Wildman–Crippen MR) is 76.1 cm³/mol. The van der Waals surface area contributed by atoms with Gasteiger partial charge in [0.25, 0.3) is 0 Å². The second-order valence-electron chi connectivity index (χ2n) is 5.06. The van der Waals surface area contributed by atoms with Crippen LogP contribution in [0, 0.1) is 0 Å². The van der Waals surface area contributed by atoms with Crippen molar-refractivity contribution in [2.24, 2.45) is 0 Å². The summed E-state index contributed by atoms with van der Waals surface area (Å²) in [6.07, 6.45) is 5.39. The standard InChI is InChI=1S/C13H21N3O2S/c1-4-14-13-10-7-5-6-8-11(10)15-12(16-13)9(2)19(3,17)18/h9H,4-8H2,1-3H3,(H,14,15,16). The molecule has 0 aromatic carbocycles. The highest BCUT2D eigenvalue weighted by molar-refractivity contribution is 7.90. The van der Waals surface area contributed by atoms with Crippen LogP contribution in [0.5, 0.6) is 0 Å². The van der Waals surface area contributed by atoms with E-state index in [9.17, 15) is 8.42 Å². The summed E-state index contributed by atoms with van der Waals surface area (Å²) in [5.74, 6) is 1.23. The largest absolute Gasteiger partial charge is 0.370 e. The maximum Gasteiger partial charge on any atom is 0.157 e. The lowest BCUT2D eigenvalue weighted by Gasteiger charge is -2.20. The van der Waals surface area contributed by atoms with E-state index in [0.717, 1.165) is 49.3 Å². The molecule has 0 fully saturated rings. The Morgan fingerprint density at radius 3 is 2.58 bits per heavy atom. The van der Waals surface area contributed by atoms with Crippen molar-refractivity contribution in [1.82, 2.24) is 9.97 Å². The zero-order valence-corrected chi connectivity index (χ0v) is 12.5. The second kappa shape index (κ2) is 5.45. The van der Waals surface area contributed by atoms with Crippen molar-refractivity contribution >= 4 is 15.7 Å². The number of nitrogens with zero attached hydrogens (tertiary/aromatic N) is 2. The van der Waals surface area contributed by atoms with E-state index >= 15 is 0 Å². The Labute approximate surface area is 114 Å². The molecule has 0 radical (unpaired) electrons. The quantitative estimate of drug-likeness (QED) is 0.913. The molecular formula is C13H21N3O2S. The number of sulfone groups is 1. The van der Waals surface area contributed by atoms with Gasteiger partial charge in [-0.25, -0.2) is 18.4 Å². The molecule has 1 atom stereocenters. The van der Waals surface area contributed by atoms with Crippen molar-refractivity contribution in [3.8, 4) is 0 Å². The van der Waals surface area contributed by atoms with E-state index in [2.05, 4.69) is 15.3 Å². The van der Waals surface area contributed by atoms with Gasteiger partial charge in [0.2, 0.25) is 0 Å². The smallest absolute Gasteiger partial charge is 0.157 e. The number of fused-ring (bicyclic) bond motifs is 1. The number of nitrogens with one attached hydrogen (secondary N) is 1. The molecular weight excluding hydrogens is 262 g/mol. The minimum atomic E-state index is -3.17. The molecule has 6 heteroatoms. The molecule has 1 N–H and O–H groups in total. The summed E-state index contributed by atoms with van der Waals surface area (Å²) in [7, 11) is -3.17. The van der Waals surface area contributed by atoms with Gasteiger partial charge in [-0.1, -0.05) is 0 Å². The van der Waals surface area contributed by atoms with Gasteiger partial charge in [0.05, 0.1) is 0 Å². The molecule has 19 heavy (non-hydrogen) atoms. The Hall–Kier alpha value is -1.17. The van der Waals surface area contributed by atoms with E-state index in [0.29, 0.717) is 5.82 Å². The average Bonchev–Trinajstić information content (AvgIpc) is 2.37. The first kappa shape index (κ1) is 14.2. The first-order valence-electron chi connectivity index (χ1n) is 6.76. The van der Waals surface area contributed by atoms with Gasteiger partial charge in [-0.2, -0.15) is 0 Å². The van der Waals surface area contributed by atoms with Gasteiger partial charge in [-0.3, -0.25) is 0 Å². The van der Waals surface area contributed by atoms with Crippen molar-refractivity contribution in [3.05, 3.63) is 17.1 Å². The molecule has 0 amide bonds. The molecule has 1 aliphatic rings. The number of rotatable bonds is 4. The molecule has 0 spiro atoms. The van der Waals surface area contributed by atoms with Crippen molar-refractivity contribution in [3.63, 3.8) is 0 Å². The third-order valence-electron chi connectivity index (χ3n) is 3.55. The Kier molecular flexibility index (Phi) is 4.08. The summed E-state index contributed by atoms with van der Waals surface area (Å²) in [5, 5.41) is 2.58. The van der Waals surface area contributed by atoms with E-state index in [-0.39, 0.29) is 0 Å². The first-order chi connectivity index (χ1) is 8.93. The Morgan fingerprint density at radius 2 is 1.95 bits per heavy atom. The van der Waals surface area contributed by atoms with E-state index in [1.165, 1.54) is 6.26 Å². The summed E-state index contributed by atoms with van der Waals surface area (Å²) in [4.78, 5) is 8.93. The van der Waals surface area contributed by atoms with Gasteiger partial charge in [-0.05, 0) is 39.5 Å². The molecule has 106 valence electrons. The molecule has 5 nitrogen and oxygen atoms in total. The molecule has 0 saturated carbocycles. The highest BCUT2D eigenvalue weighted by Crippen LogP contribution is 2.28. The fourth-order valence-electron chi connectivity index (χ4n) is 2.30. The van der Waals surface area contributed by atoms with Gasteiger partial charge >= 0.3 is 0 Å². The fraction of sp³-hybridized carbons (Fsp3) is 0.692. The minimum absolute atomic E-state index is 0.416. The van der Waals surface area contributed by atoms with Crippen molar-refractivity contribution in [2.75, 3.05) is 18.1 Å². The van der Waals surface area contributed by atoms with Crippen LogP contribution >= 0.6 is 0 Å². The summed E-state index contributed by atoms with van der Waals surface area (Å²) < 4.78 is 23.3. The Morgan fingerprint density at radius 1 is 1.26 bits per heavy atom. The van der Waals surface area contributed by atoms with Crippen molar-refractivity contribution in [1.29, 1.82) is 0 Å². The van der Waals surface area contributed by atoms with Gasteiger partial charge in [0, 0.05) is 24.1 Å². The van der Waals surface area contributed by atoms with Crippen molar-refractivity contribution in [2.45, 2.75) is 44.8 Å². The summed E-state index contributed by atoms with van der Waals surface area (Å²) >= 11 is 0. The molecule has 0 aliphatic heterocycles. The molecule has 1 unspecified atom stereocenters. The van der Waals surface area contributed by atoms with Crippen LogP contribution in [0.25, 0.3) is 0 Å². The van der Waals surface area contributed by atoms with Gasteiger partial charge in [0.15, 0.2) is 9.84 Å². The maximum atomic E-state index is 11.7. The van der Waals surface area contributed by atoms with Crippen LogP contribution in [0.1, 0.15) is 49.0 Å². The fourth-order valence-corrected chi connectivity index (χ4v) is 2.79. The molecule has 0 bridgehead atoms. The van der Waals surface area contributed by atoms with E-state index in [1.54, 1.807) is 6.92 Å². The van der Waals surface area contributed by atoms with Crippen LogP contribution in [0.4, 0.5) is 5.82 Å². The molecule has 0 saturated heterocycles. The third-order valence-corrected chi connectivity index (χ3v) is 5.05. The summed E-state index contributed by atoms with van der Waals surface area (Å²) in [5.41, 5.74) is 2.18. The number of aryl methyl sites for hydroxylation is 1. The second-order valence-corrected chi connectivity index (χ2v) is 7.43. The zero-order chi connectivity index (χ0) is 14.0. The van der Waals surface area contributed by atoms with Crippen LogP contribution in [0.2, 0.25) is 0 Å². The van der Waals surface area contributed by atoms with Crippen LogP contribution in [0.15, 0.2) is 0 Å². The molecule has 1 aliphatic carbocycles. The van der Waals surface area contributed by atoms with E-state index < -0.39 is 15.1 Å². The highest BCUT2D eigenvalue weighted by Gasteiger charge is 2.24. The third kappa shape index (κ3) is 3.05. The van der Waals surface area contributed by atoms with Gasteiger partial charge < -0.3 is 5.32 Å². The first-order valence-corrected chi connectivity index (χ1v) is 8.71. The lowest BCUT2D eigenvalue weighted by atomic mass is 9.96. The monoisotopic (exact) mass is 283 g/mol. The highest BCUT2D eigenvalue weighted by atomic mass is 32.2. The minimum Gasteiger partial charge on any atom is -0.370 e. The predicted octanol–water partition coefficient (Wildman–Crippen LogP) is 1.89. The Balaban J connectivity index is 2.49. The topological polar surface area (TPSA) is 72.0 Å². The average molecular weight is 283 g/mol. The van der Waals surface area contributed by atoms with Gasteiger partial charge in [-0.15, -0.1) is 0 Å². The summed E-state index contributed by atoms with van der Waals surface area (Å²) in [6, 6.07) is 0. The normalized spacial score (nSPS) is 16.8.